The van der Waals surface area contributed by atoms with Crippen LogP contribution >= 0.6 is 0 Å². The molecule has 2 fully saturated rings. The number of nitrogens with one attached hydrogen (secondary N) is 1. The molecular formula is C18H19N3O2. The quantitative estimate of drug-likeness (QED) is 0.877. The Bertz CT molecular complexity index is 779. The Morgan fingerprint density at radius 1 is 1.09 bits per heavy atom. The third kappa shape index (κ3) is 2.56. The van der Waals surface area contributed by atoms with Crippen LogP contribution in [0.2, 0.25) is 0 Å². The zero-order valence-corrected chi connectivity index (χ0v) is 12.9. The van der Waals surface area contributed by atoms with Crippen molar-refractivity contribution >= 4 is 22.7 Å². The Morgan fingerprint density at radius 3 is 2.61 bits per heavy atom. The number of piperidine rings is 1. The molecule has 4 rings (SSSR count). The highest BCUT2D eigenvalue weighted by molar-refractivity contribution is 5.95. The number of hydrogen-bond donors (Lipinski definition) is 1. The van der Waals surface area contributed by atoms with E-state index in [0.717, 1.165) is 30.2 Å². The minimum Gasteiger partial charge on any atom is -0.351 e. The van der Waals surface area contributed by atoms with Crippen LogP contribution in [-0.4, -0.2) is 40.3 Å². The van der Waals surface area contributed by atoms with Crippen molar-refractivity contribution in [2.24, 2.45) is 0 Å². The van der Waals surface area contributed by atoms with E-state index in [2.05, 4.69) is 10.3 Å². The first-order valence-electron chi connectivity index (χ1n) is 8.11. The van der Waals surface area contributed by atoms with Gasteiger partial charge in [-0.1, -0.05) is 24.3 Å². The van der Waals surface area contributed by atoms with Gasteiger partial charge in [-0.05, 0) is 31.4 Å². The van der Waals surface area contributed by atoms with E-state index in [4.69, 9.17) is 0 Å². The number of benzene rings is 1. The third-order valence-electron chi connectivity index (χ3n) is 5.06. The molecule has 3 heterocycles. The van der Waals surface area contributed by atoms with Gasteiger partial charge in [-0.25, -0.2) is 4.98 Å². The summed E-state index contributed by atoms with van der Waals surface area (Å²) in [4.78, 5) is 30.5. The number of amides is 2. The molecule has 2 aliphatic rings. The van der Waals surface area contributed by atoms with Gasteiger partial charge in [0.2, 0.25) is 5.91 Å². The lowest BCUT2D eigenvalue weighted by Crippen LogP contribution is -2.52. The monoisotopic (exact) mass is 309 g/mol. The third-order valence-corrected chi connectivity index (χ3v) is 5.06. The minimum absolute atomic E-state index is 0.0186. The molecular weight excluding hydrogens is 290 g/mol. The number of carbonyl (C=O) groups excluding carboxylic acids is 2. The van der Waals surface area contributed by atoms with E-state index in [1.807, 2.05) is 35.2 Å². The number of para-hydroxylation sites is 1. The first-order valence-corrected chi connectivity index (χ1v) is 8.11. The number of pyridine rings is 1. The minimum atomic E-state index is -0.0787. The maximum Gasteiger partial charge on any atom is 0.272 e. The molecule has 2 saturated heterocycles. The summed E-state index contributed by atoms with van der Waals surface area (Å²) in [5.41, 5.74) is 1.26. The lowest BCUT2D eigenvalue weighted by atomic mass is 9.86. The van der Waals surface area contributed by atoms with Gasteiger partial charge in [-0.2, -0.15) is 0 Å². The van der Waals surface area contributed by atoms with Gasteiger partial charge in [-0.15, -0.1) is 0 Å². The number of rotatable bonds is 1. The van der Waals surface area contributed by atoms with Crippen LogP contribution in [0.4, 0.5) is 0 Å². The second-order valence-corrected chi connectivity index (χ2v) is 6.51. The molecule has 0 radical (unpaired) electrons. The standard InChI is InChI=1S/C18H19N3O2/c22-16-7-8-18(20-16)9-11-21(12-10-18)17(23)15-6-5-13-3-1-2-4-14(13)19-15/h1-6H,7-12H2,(H,20,22). The fourth-order valence-electron chi connectivity index (χ4n) is 3.63. The molecule has 1 aromatic heterocycles. The predicted molar refractivity (Wildman–Crippen MR) is 87.0 cm³/mol. The molecule has 2 amide bonds. The van der Waals surface area contributed by atoms with Crippen LogP contribution < -0.4 is 5.32 Å². The van der Waals surface area contributed by atoms with Gasteiger partial charge < -0.3 is 10.2 Å². The van der Waals surface area contributed by atoms with Crippen LogP contribution in [0.1, 0.15) is 36.2 Å². The molecule has 2 aliphatic heterocycles. The van der Waals surface area contributed by atoms with Gasteiger partial charge in [0, 0.05) is 30.4 Å². The first-order chi connectivity index (χ1) is 11.2. The van der Waals surface area contributed by atoms with E-state index >= 15 is 0 Å². The van der Waals surface area contributed by atoms with Crippen LogP contribution in [0.15, 0.2) is 36.4 Å². The number of carbonyl (C=O) groups is 2. The highest BCUT2D eigenvalue weighted by atomic mass is 16.2. The maximum absolute atomic E-state index is 12.7. The number of hydrogen-bond acceptors (Lipinski definition) is 3. The number of nitrogens with zero attached hydrogens (tertiary/aromatic N) is 2. The average Bonchev–Trinajstić information content (AvgIpc) is 2.95. The highest BCUT2D eigenvalue weighted by Crippen LogP contribution is 2.31. The largest absolute Gasteiger partial charge is 0.351 e. The van der Waals surface area contributed by atoms with E-state index in [0.29, 0.717) is 25.2 Å². The summed E-state index contributed by atoms with van der Waals surface area (Å²) in [5, 5.41) is 4.14. The van der Waals surface area contributed by atoms with Gasteiger partial charge in [0.05, 0.1) is 5.52 Å². The number of likely N-dealkylation sites (tertiary alicyclic amines) is 1. The highest BCUT2D eigenvalue weighted by Gasteiger charge is 2.41. The Morgan fingerprint density at radius 2 is 1.87 bits per heavy atom. The van der Waals surface area contributed by atoms with E-state index in [-0.39, 0.29) is 17.4 Å². The van der Waals surface area contributed by atoms with Crippen molar-refractivity contribution in [1.29, 1.82) is 0 Å². The van der Waals surface area contributed by atoms with Crippen molar-refractivity contribution in [2.75, 3.05) is 13.1 Å². The molecule has 0 atom stereocenters. The van der Waals surface area contributed by atoms with E-state index < -0.39 is 0 Å². The summed E-state index contributed by atoms with van der Waals surface area (Å²) < 4.78 is 0. The van der Waals surface area contributed by atoms with Crippen LogP contribution in [0, 0.1) is 0 Å². The molecule has 1 spiro atoms. The van der Waals surface area contributed by atoms with Crippen LogP contribution in [0.5, 0.6) is 0 Å². The fourth-order valence-corrected chi connectivity index (χ4v) is 3.63. The second kappa shape index (κ2) is 5.33. The van der Waals surface area contributed by atoms with E-state index in [9.17, 15) is 9.59 Å². The van der Waals surface area contributed by atoms with Crippen LogP contribution in [-0.2, 0) is 4.79 Å². The summed E-state index contributed by atoms with van der Waals surface area (Å²) in [7, 11) is 0. The van der Waals surface area contributed by atoms with E-state index in [1.165, 1.54) is 0 Å². The van der Waals surface area contributed by atoms with Gasteiger partial charge in [0.15, 0.2) is 0 Å². The predicted octanol–water partition coefficient (Wildman–Crippen LogP) is 2.12. The normalized spacial score (nSPS) is 20.0. The lowest BCUT2D eigenvalue weighted by Gasteiger charge is -2.39. The molecule has 5 heteroatoms. The topological polar surface area (TPSA) is 62.3 Å². The second-order valence-electron chi connectivity index (χ2n) is 6.51. The summed E-state index contributed by atoms with van der Waals surface area (Å²) in [6, 6.07) is 11.5. The summed E-state index contributed by atoms with van der Waals surface area (Å²) >= 11 is 0. The van der Waals surface area contributed by atoms with Crippen molar-refractivity contribution < 1.29 is 9.59 Å². The summed E-state index contributed by atoms with van der Waals surface area (Å²) in [6.07, 6.45) is 3.17. The SMILES string of the molecule is O=C1CCC2(CCN(C(=O)c3ccc4ccccc4n3)CC2)N1. The molecule has 0 bridgehead atoms. The van der Waals surface area contributed by atoms with Crippen molar-refractivity contribution in [3.05, 3.63) is 42.1 Å². The Balaban J connectivity index is 1.50. The molecule has 23 heavy (non-hydrogen) atoms. The van der Waals surface area contributed by atoms with Crippen molar-refractivity contribution in [3.8, 4) is 0 Å². The summed E-state index contributed by atoms with van der Waals surface area (Å²) in [5.74, 6) is 0.121. The average molecular weight is 309 g/mol. The summed E-state index contributed by atoms with van der Waals surface area (Å²) in [6.45, 7) is 1.35. The first kappa shape index (κ1) is 14.2. The van der Waals surface area contributed by atoms with Crippen molar-refractivity contribution in [1.82, 2.24) is 15.2 Å². The molecule has 0 saturated carbocycles. The Labute approximate surface area is 134 Å². The van der Waals surface area contributed by atoms with Crippen molar-refractivity contribution in [3.63, 3.8) is 0 Å². The van der Waals surface area contributed by atoms with Crippen molar-refractivity contribution in [2.45, 2.75) is 31.2 Å². The molecule has 2 aromatic rings. The fraction of sp³-hybridized carbons (Fsp3) is 0.389. The smallest absolute Gasteiger partial charge is 0.272 e. The van der Waals surface area contributed by atoms with Crippen LogP contribution in [0.25, 0.3) is 10.9 Å². The molecule has 1 N–H and O–H groups in total. The molecule has 0 unspecified atom stereocenters. The molecule has 5 nitrogen and oxygen atoms in total. The molecule has 1 aromatic carbocycles. The number of aromatic nitrogens is 1. The zero-order valence-electron chi connectivity index (χ0n) is 12.9. The number of fused-ring (bicyclic) bond motifs is 1. The van der Waals surface area contributed by atoms with Crippen LogP contribution in [0.3, 0.4) is 0 Å². The van der Waals surface area contributed by atoms with E-state index in [1.54, 1.807) is 6.07 Å². The van der Waals surface area contributed by atoms with Gasteiger partial charge in [-0.3, -0.25) is 9.59 Å². The molecule has 118 valence electrons. The lowest BCUT2D eigenvalue weighted by molar-refractivity contribution is -0.120. The Kier molecular flexibility index (Phi) is 3.29. The Hall–Kier alpha value is -2.43. The molecule has 0 aliphatic carbocycles. The van der Waals surface area contributed by atoms with Gasteiger partial charge in [0.1, 0.15) is 5.69 Å². The zero-order chi connectivity index (χ0) is 15.9. The van der Waals surface area contributed by atoms with Gasteiger partial charge in [0.25, 0.3) is 5.91 Å². The van der Waals surface area contributed by atoms with Gasteiger partial charge >= 0.3 is 0 Å². The maximum atomic E-state index is 12.7.